The zero-order valence-corrected chi connectivity index (χ0v) is 7.59. The van der Waals surface area contributed by atoms with E-state index in [2.05, 4.69) is 15.0 Å². The van der Waals surface area contributed by atoms with E-state index >= 15 is 0 Å². The summed E-state index contributed by atoms with van der Waals surface area (Å²) in [5.74, 6) is 1.22. The van der Waals surface area contributed by atoms with Crippen LogP contribution < -0.4 is 5.73 Å². The van der Waals surface area contributed by atoms with Crippen LogP contribution in [0.25, 0.3) is 0 Å². The lowest BCUT2D eigenvalue weighted by molar-refractivity contribution is 0.967. The van der Waals surface area contributed by atoms with Crippen molar-refractivity contribution in [2.24, 2.45) is 0 Å². The summed E-state index contributed by atoms with van der Waals surface area (Å²) in [4.78, 5) is 12.2. The highest BCUT2D eigenvalue weighted by Gasteiger charge is 1.98. The number of hydrogen-bond donors (Lipinski definition) is 1. The molecule has 2 N–H and O–H groups in total. The molecule has 2 heterocycles. The SMILES string of the molecule is Nc1ccnc(Cc2cccnc2)n1. The van der Waals surface area contributed by atoms with Gasteiger partial charge in [-0.2, -0.15) is 0 Å². The van der Waals surface area contributed by atoms with E-state index in [0.29, 0.717) is 12.2 Å². The zero-order valence-electron chi connectivity index (χ0n) is 7.59. The summed E-state index contributed by atoms with van der Waals surface area (Å²) in [5, 5.41) is 0. The van der Waals surface area contributed by atoms with Crippen LogP contribution in [-0.4, -0.2) is 15.0 Å². The summed E-state index contributed by atoms with van der Waals surface area (Å²) in [7, 11) is 0. The first-order valence-corrected chi connectivity index (χ1v) is 4.31. The Bertz CT molecular complexity index is 413. The van der Waals surface area contributed by atoms with Gasteiger partial charge in [0, 0.05) is 25.0 Å². The van der Waals surface area contributed by atoms with Crippen LogP contribution in [0.3, 0.4) is 0 Å². The average molecular weight is 186 g/mol. The molecule has 0 aliphatic heterocycles. The number of anilines is 1. The summed E-state index contributed by atoms with van der Waals surface area (Å²) in [5.41, 5.74) is 6.63. The Balaban J connectivity index is 2.19. The molecule has 2 aromatic heterocycles. The molecule has 70 valence electrons. The standard InChI is InChI=1S/C10H10N4/c11-9-3-5-13-10(14-9)6-8-2-1-4-12-7-8/h1-5,7H,6H2,(H2,11,13,14). The third-order valence-corrected chi connectivity index (χ3v) is 1.81. The zero-order chi connectivity index (χ0) is 9.80. The fraction of sp³-hybridized carbons (Fsp3) is 0.100. The largest absolute Gasteiger partial charge is 0.384 e. The molecule has 0 aliphatic rings. The first kappa shape index (κ1) is 8.62. The van der Waals surface area contributed by atoms with Gasteiger partial charge in [-0.05, 0) is 17.7 Å². The number of nitrogen functional groups attached to an aromatic ring is 1. The van der Waals surface area contributed by atoms with Crippen LogP contribution in [0.15, 0.2) is 36.8 Å². The van der Waals surface area contributed by atoms with Gasteiger partial charge in [0.2, 0.25) is 0 Å². The molecule has 2 aromatic rings. The minimum absolute atomic E-state index is 0.499. The quantitative estimate of drug-likeness (QED) is 0.761. The van der Waals surface area contributed by atoms with Crippen molar-refractivity contribution in [2.75, 3.05) is 5.73 Å². The van der Waals surface area contributed by atoms with Crippen LogP contribution in [0.1, 0.15) is 11.4 Å². The lowest BCUT2D eigenvalue weighted by Crippen LogP contribution is -1.99. The molecule has 0 fully saturated rings. The first-order chi connectivity index (χ1) is 6.84. The predicted molar refractivity (Wildman–Crippen MR) is 53.5 cm³/mol. The minimum Gasteiger partial charge on any atom is -0.384 e. The van der Waals surface area contributed by atoms with E-state index in [1.54, 1.807) is 24.7 Å². The van der Waals surface area contributed by atoms with E-state index in [9.17, 15) is 0 Å². The maximum atomic E-state index is 5.55. The molecule has 0 spiro atoms. The monoisotopic (exact) mass is 186 g/mol. The van der Waals surface area contributed by atoms with E-state index in [0.717, 1.165) is 11.4 Å². The molecular weight excluding hydrogens is 176 g/mol. The predicted octanol–water partition coefficient (Wildman–Crippen LogP) is 1.04. The van der Waals surface area contributed by atoms with Gasteiger partial charge in [-0.25, -0.2) is 9.97 Å². The summed E-state index contributed by atoms with van der Waals surface area (Å²) < 4.78 is 0. The second-order valence-corrected chi connectivity index (χ2v) is 2.94. The summed E-state index contributed by atoms with van der Waals surface area (Å²) in [6.07, 6.45) is 5.86. The molecule has 4 nitrogen and oxygen atoms in total. The Morgan fingerprint density at radius 2 is 2.14 bits per heavy atom. The lowest BCUT2D eigenvalue weighted by atomic mass is 10.2. The normalized spacial score (nSPS) is 10.0. The van der Waals surface area contributed by atoms with E-state index in [1.165, 1.54) is 0 Å². The molecule has 2 rings (SSSR count). The van der Waals surface area contributed by atoms with Crippen molar-refractivity contribution in [3.63, 3.8) is 0 Å². The Morgan fingerprint density at radius 1 is 1.21 bits per heavy atom. The van der Waals surface area contributed by atoms with Crippen LogP contribution in [-0.2, 0) is 6.42 Å². The molecule has 14 heavy (non-hydrogen) atoms. The van der Waals surface area contributed by atoms with E-state index in [1.807, 2.05) is 12.1 Å². The first-order valence-electron chi connectivity index (χ1n) is 4.31. The second kappa shape index (κ2) is 3.83. The Kier molecular flexibility index (Phi) is 2.36. The van der Waals surface area contributed by atoms with Crippen LogP contribution in [0.2, 0.25) is 0 Å². The molecule has 0 radical (unpaired) electrons. The average Bonchev–Trinajstić information content (AvgIpc) is 2.19. The van der Waals surface area contributed by atoms with Crippen molar-refractivity contribution in [3.8, 4) is 0 Å². The molecule has 0 bridgehead atoms. The highest BCUT2D eigenvalue weighted by molar-refractivity contribution is 5.26. The number of rotatable bonds is 2. The molecule has 0 saturated carbocycles. The molecule has 0 amide bonds. The fourth-order valence-corrected chi connectivity index (χ4v) is 1.19. The van der Waals surface area contributed by atoms with Crippen molar-refractivity contribution in [3.05, 3.63) is 48.2 Å². The molecule has 0 atom stereocenters. The Hall–Kier alpha value is -1.97. The van der Waals surface area contributed by atoms with Crippen molar-refractivity contribution in [1.29, 1.82) is 0 Å². The van der Waals surface area contributed by atoms with E-state index in [4.69, 9.17) is 5.73 Å². The minimum atomic E-state index is 0.499. The van der Waals surface area contributed by atoms with Gasteiger partial charge in [-0.3, -0.25) is 4.98 Å². The smallest absolute Gasteiger partial charge is 0.135 e. The maximum absolute atomic E-state index is 5.55. The van der Waals surface area contributed by atoms with Crippen molar-refractivity contribution < 1.29 is 0 Å². The van der Waals surface area contributed by atoms with E-state index in [-0.39, 0.29) is 0 Å². The Morgan fingerprint density at radius 3 is 2.86 bits per heavy atom. The number of nitrogens with zero attached hydrogens (tertiary/aromatic N) is 3. The third-order valence-electron chi connectivity index (χ3n) is 1.81. The van der Waals surface area contributed by atoms with Gasteiger partial charge in [0.1, 0.15) is 11.6 Å². The fourth-order valence-electron chi connectivity index (χ4n) is 1.19. The molecule has 0 unspecified atom stereocenters. The van der Waals surface area contributed by atoms with Gasteiger partial charge < -0.3 is 5.73 Å². The van der Waals surface area contributed by atoms with Crippen molar-refractivity contribution >= 4 is 5.82 Å². The summed E-state index contributed by atoms with van der Waals surface area (Å²) in [6.45, 7) is 0. The second-order valence-electron chi connectivity index (χ2n) is 2.94. The summed E-state index contributed by atoms with van der Waals surface area (Å²) >= 11 is 0. The van der Waals surface area contributed by atoms with Gasteiger partial charge in [-0.1, -0.05) is 6.07 Å². The molecule has 4 heteroatoms. The number of nitrogens with two attached hydrogens (primary N) is 1. The van der Waals surface area contributed by atoms with Gasteiger partial charge in [0.05, 0.1) is 0 Å². The lowest BCUT2D eigenvalue weighted by Gasteiger charge is -1.99. The van der Waals surface area contributed by atoms with Crippen molar-refractivity contribution in [1.82, 2.24) is 15.0 Å². The molecule has 0 saturated heterocycles. The van der Waals surface area contributed by atoms with Crippen LogP contribution in [0.5, 0.6) is 0 Å². The number of aromatic nitrogens is 3. The molecule has 0 aliphatic carbocycles. The summed E-state index contributed by atoms with van der Waals surface area (Å²) in [6, 6.07) is 5.55. The number of pyridine rings is 1. The third kappa shape index (κ3) is 2.04. The van der Waals surface area contributed by atoms with Gasteiger partial charge in [0.25, 0.3) is 0 Å². The Labute approximate surface area is 81.9 Å². The van der Waals surface area contributed by atoms with Crippen molar-refractivity contribution in [2.45, 2.75) is 6.42 Å². The van der Waals surface area contributed by atoms with Gasteiger partial charge >= 0.3 is 0 Å². The highest BCUT2D eigenvalue weighted by Crippen LogP contribution is 2.04. The van der Waals surface area contributed by atoms with E-state index < -0.39 is 0 Å². The van der Waals surface area contributed by atoms with Gasteiger partial charge in [-0.15, -0.1) is 0 Å². The van der Waals surface area contributed by atoms with Gasteiger partial charge in [0.15, 0.2) is 0 Å². The molecular formula is C10H10N4. The highest BCUT2D eigenvalue weighted by atomic mass is 14.9. The molecule has 0 aromatic carbocycles. The van der Waals surface area contributed by atoms with Crippen LogP contribution in [0, 0.1) is 0 Å². The van der Waals surface area contributed by atoms with Crippen LogP contribution >= 0.6 is 0 Å². The topological polar surface area (TPSA) is 64.7 Å². The number of hydrogen-bond acceptors (Lipinski definition) is 4. The maximum Gasteiger partial charge on any atom is 0.135 e. The van der Waals surface area contributed by atoms with Crippen LogP contribution in [0.4, 0.5) is 5.82 Å².